The van der Waals surface area contributed by atoms with E-state index in [0.717, 1.165) is 28.8 Å². The first-order chi connectivity index (χ1) is 16.5. The van der Waals surface area contributed by atoms with Gasteiger partial charge in [0, 0.05) is 43.0 Å². The van der Waals surface area contributed by atoms with E-state index in [4.69, 9.17) is 0 Å². The summed E-state index contributed by atoms with van der Waals surface area (Å²) in [6, 6.07) is 13.7. The van der Waals surface area contributed by atoms with Crippen molar-refractivity contribution in [1.29, 1.82) is 0 Å². The number of likely N-dealkylation sites (tertiary alicyclic amines) is 1. The zero-order valence-corrected chi connectivity index (χ0v) is 18.3. The first kappa shape index (κ1) is 21.5. The minimum atomic E-state index is -0.468. The van der Waals surface area contributed by atoms with Crippen molar-refractivity contribution in [2.24, 2.45) is 0 Å². The van der Waals surface area contributed by atoms with Crippen LogP contribution in [0.25, 0.3) is 16.8 Å². The molecule has 7 nitrogen and oxygen atoms in total. The van der Waals surface area contributed by atoms with Crippen molar-refractivity contribution >= 4 is 23.1 Å². The standard InChI is InChI=1S/C26H22FN5O2/c1-2-25(33)31-12-9-19(15-31)21-14-23(32-16-28-10-8-22(21)32)17-3-5-18(6-4-17)26(34)30-24-13-20(27)7-11-29-24/h2-8,10-11,13-14,16,19H,1,9,12,15H2,(H,29,30,34). The number of amides is 2. The number of hydrogen-bond donors (Lipinski definition) is 1. The molecule has 4 heterocycles. The molecule has 0 saturated carbocycles. The predicted molar refractivity (Wildman–Crippen MR) is 127 cm³/mol. The molecule has 1 aliphatic rings. The van der Waals surface area contributed by atoms with Crippen molar-refractivity contribution in [1.82, 2.24) is 19.3 Å². The number of benzene rings is 1. The number of rotatable bonds is 5. The fraction of sp³-hybridized carbons (Fsp3) is 0.154. The van der Waals surface area contributed by atoms with Crippen LogP contribution in [0.4, 0.5) is 10.2 Å². The number of hydrogen-bond acceptors (Lipinski definition) is 4. The Morgan fingerprint density at radius 2 is 1.94 bits per heavy atom. The molecule has 4 aromatic rings. The van der Waals surface area contributed by atoms with E-state index >= 15 is 0 Å². The van der Waals surface area contributed by atoms with Crippen molar-refractivity contribution in [3.05, 3.63) is 96.9 Å². The van der Waals surface area contributed by atoms with Crippen molar-refractivity contribution in [2.75, 3.05) is 18.4 Å². The number of carbonyl (C=O) groups excluding carboxylic acids is 2. The summed E-state index contributed by atoms with van der Waals surface area (Å²) in [6.07, 6.45) is 7.07. The molecule has 1 N–H and O–H groups in total. The molecule has 1 fully saturated rings. The number of aromatic nitrogens is 3. The number of pyridine rings is 1. The third-order valence-corrected chi connectivity index (χ3v) is 6.13. The fourth-order valence-electron chi connectivity index (χ4n) is 4.43. The lowest BCUT2D eigenvalue weighted by molar-refractivity contribution is -0.125. The average Bonchev–Trinajstić information content (AvgIpc) is 3.49. The first-order valence-electron chi connectivity index (χ1n) is 10.9. The van der Waals surface area contributed by atoms with E-state index in [1.54, 1.807) is 24.7 Å². The largest absolute Gasteiger partial charge is 0.339 e. The Morgan fingerprint density at radius 3 is 2.71 bits per heavy atom. The van der Waals surface area contributed by atoms with Gasteiger partial charge in [-0.15, -0.1) is 0 Å². The molecule has 1 saturated heterocycles. The molecule has 34 heavy (non-hydrogen) atoms. The highest BCUT2D eigenvalue weighted by Crippen LogP contribution is 2.35. The smallest absolute Gasteiger partial charge is 0.256 e. The molecule has 170 valence electrons. The lowest BCUT2D eigenvalue weighted by Crippen LogP contribution is -2.26. The summed E-state index contributed by atoms with van der Waals surface area (Å²) in [5.74, 6) is -0.508. The van der Waals surface area contributed by atoms with Crippen molar-refractivity contribution in [2.45, 2.75) is 12.3 Å². The topological polar surface area (TPSA) is 79.6 Å². The van der Waals surface area contributed by atoms with Crippen LogP contribution in [0, 0.1) is 5.82 Å². The van der Waals surface area contributed by atoms with E-state index in [2.05, 4.69) is 27.9 Å². The van der Waals surface area contributed by atoms with Gasteiger partial charge in [-0.05, 0) is 54.0 Å². The first-order valence-corrected chi connectivity index (χ1v) is 10.9. The Kier molecular flexibility index (Phi) is 5.63. The molecule has 8 heteroatoms. The van der Waals surface area contributed by atoms with E-state index < -0.39 is 5.82 Å². The SMILES string of the molecule is C=CC(=O)N1CCC(c2cc(-c3ccc(C(=O)Nc4cc(F)ccn4)cc3)n3cnccc23)C1. The molecule has 1 unspecified atom stereocenters. The van der Waals surface area contributed by atoms with Crippen LogP contribution in [0.15, 0.2) is 79.9 Å². The summed E-state index contributed by atoms with van der Waals surface area (Å²) in [5, 5.41) is 2.60. The summed E-state index contributed by atoms with van der Waals surface area (Å²) in [4.78, 5) is 34.6. The molecular formula is C26H22FN5O2. The van der Waals surface area contributed by atoms with Gasteiger partial charge in [-0.2, -0.15) is 0 Å². The van der Waals surface area contributed by atoms with Crippen molar-refractivity contribution < 1.29 is 14.0 Å². The zero-order valence-electron chi connectivity index (χ0n) is 18.3. The Bertz CT molecular complexity index is 1400. The maximum atomic E-state index is 13.4. The number of nitrogens with zero attached hydrogens (tertiary/aromatic N) is 4. The molecule has 1 aliphatic heterocycles. The monoisotopic (exact) mass is 455 g/mol. The van der Waals surface area contributed by atoms with Gasteiger partial charge < -0.3 is 14.6 Å². The van der Waals surface area contributed by atoms with Gasteiger partial charge in [0.15, 0.2) is 0 Å². The number of fused-ring (bicyclic) bond motifs is 1. The molecule has 1 aromatic carbocycles. The molecule has 2 amide bonds. The lowest BCUT2D eigenvalue weighted by atomic mass is 9.98. The van der Waals surface area contributed by atoms with Crippen LogP contribution in [-0.2, 0) is 4.79 Å². The highest BCUT2D eigenvalue weighted by Gasteiger charge is 2.28. The van der Waals surface area contributed by atoms with Gasteiger partial charge in [-0.1, -0.05) is 18.7 Å². The second-order valence-electron chi connectivity index (χ2n) is 8.19. The molecule has 3 aromatic heterocycles. The average molecular weight is 455 g/mol. The van der Waals surface area contributed by atoms with E-state index in [1.165, 1.54) is 24.4 Å². The molecular weight excluding hydrogens is 433 g/mol. The van der Waals surface area contributed by atoms with Crippen LogP contribution >= 0.6 is 0 Å². The Morgan fingerprint density at radius 1 is 1.12 bits per heavy atom. The summed E-state index contributed by atoms with van der Waals surface area (Å²) in [7, 11) is 0. The van der Waals surface area contributed by atoms with E-state index in [9.17, 15) is 14.0 Å². The van der Waals surface area contributed by atoms with Gasteiger partial charge >= 0.3 is 0 Å². The Hall–Kier alpha value is -4.33. The van der Waals surface area contributed by atoms with Crippen LogP contribution in [0.1, 0.15) is 28.3 Å². The minimum absolute atomic E-state index is 0.0461. The van der Waals surface area contributed by atoms with Gasteiger partial charge in [0.25, 0.3) is 5.91 Å². The van der Waals surface area contributed by atoms with Crippen molar-refractivity contribution in [3.8, 4) is 11.3 Å². The van der Waals surface area contributed by atoms with Crippen LogP contribution < -0.4 is 5.32 Å². The van der Waals surface area contributed by atoms with Crippen LogP contribution in [0.5, 0.6) is 0 Å². The maximum Gasteiger partial charge on any atom is 0.256 e. The second-order valence-corrected chi connectivity index (χ2v) is 8.19. The highest BCUT2D eigenvalue weighted by atomic mass is 19.1. The summed E-state index contributed by atoms with van der Waals surface area (Å²) >= 11 is 0. The Labute approximate surface area is 195 Å². The van der Waals surface area contributed by atoms with Gasteiger partial charge in [0.2, 0.25) is 5.91 Å². The summed E-state index contributed by atoms with van der Waals surface area (Å²) < 4.78 is 15.4. The zero-order chi connectivity index (χ0) is 23.7. The summed E-state index contributed by atoms with van der Waals surface area (Å²) in [6.45, 7) is 4.95. The van der Waals surface area contributed by atoms with E-state index in [-0.39, 0.29) is 23.6 Å². The molecule has 5 rings (SSSR count). The van der Waals surface area contributed by atoms with E-state index in [1.807, 2.05) is 27.5 Å². The van der Waals surface area contributed by atoms with Gasteiger partial charge in [0.1, 0.15) is 11.6 Å². The quantitative estimate of drug-likeness (QED) is 0.456. The number of carbonyl (C=O) groups is 2. The third-order valence-electron chi connectivity index (χ3n) is 6.13. The number of anilines is 1. The summed E-state index contributed by atoms with van der Waals surface area (Å²) in [5.41, 5.74) is 4.51. The molecule has 0 aliphatic carbocycles. The number of halogens is 1. The van der Waals surface area contributed by atoms with E-state index in [0.29, 0.717) is 18.7 Å². The van der Waals surface area contributed by atoms with Gasteiger partial charge in [-0.25, -0.2) is 14.4 Å². The highest BCUT2D eigenvalue weighted by molar-refractivity contribution is 6.04. The normalized spacial score (nSPS) is 15.4. The van der Waals surface area contributed by atoms with Gasteiger partial charge in [0.05, 0.1) is 17.5 Å². The van der Waals surface area contributed by atoms with Crippen LogP contribution in [-0.4, -0.2) is 44.2 Å². The fourth-order valence-corrected chi connectivity index (χ4v) is 4.43. The second kappa shape index (κ2) is 8.90. The maximum absolute atomic E-state index is 13.4. The molecule has 0 spiro atoms. The van der Waals surface area contributed by atoms with Crippen molar-refractivity contribution in [3.63, 3.8) is 0 Å². The third kappa shape index (κ3) is 4.05. The number of nitrogens with one attached hydrogen (secondary N) is 1. The molecule has 1 atom stereocenters. The molecule has 0 bridgehead atoms. The predicted octanol–water partition coefficient (Wildman–Crippen LogP) is 4.29. The van der Waals surface area contributed by atoms with Crippen LogP contribution in [0.2, 0.25) is 0 Å². The van der Waals surface area contributed by atoms with Gasteiger partial charge in [-0.3, -0.25) is 9.59 Å². The molecule has 0 radical (unpaired) electrons. The van der Waals surface area contributed by atoms with Crippen LogP contribution in [0.3, 0.4) is 0 Å². The minimum Gasteiger partial charge on any atom is -0.339 e. The lowest BCUT2D eigenvalue weighted by Gasteiger charge is -2.13. The Balaban J connectivity index is 1.42.